The van der Waals surface area contributed by atoms with E-state index in [4.69, 9.17) is 10.0 Å². The molecule has 0 aliphatic rings. The first-order valence-electron chi connectivity index (χ1n) is 2.93. The van der Waals surface area contributed by atoms with Crippen LogP contribution in [0.15, 0.2) is 16.7 Å². The van der Waals surface area contributed by atoms with Crippen LogP contribution in [-0.4, -0.2) is 17.2 Å². The Kier molecular flexibility index (Phi) is 2.16. The molecule has 0 aliphatic heterocycles. The first-order chi connectivity index (χ1) is 5.41. The zero-order valence-corrected chi connectivity index (χ0v) is 5.67. The van der Waals surface area contributed by atoms with Crippen LogP contribution in [0.2, 0.25) is 0 Å². The molecule has 1 heterocycles. The molecule has 0 saturated heterocycles. The predicted octanol–water partition coefficient (Wildman–Crippen LogP) is -0.0218. The summed E-state index contributed by atoms with van der Waals surface area (Å²) in [4.78, 5) is 0. The molecule has 1 rings (SSSR count). The van der Waals surface area contributed by atoms with Gasteiger partial charge in [-0.05, 0) is 6.07 Å². The molecule has 0 bridgehead atoms. The molecule has 66 valence electrons. The second-order valence-corrected chi connectivity index (χ2v) is 2.12. The Morgan fingerprint density at radius 3 is 2.17 bits per heavy atom. The summed E-state index contributed by atoms with van der Waals surface area (Å²) in [5.74, 6) is -1.24. The lowest BCUT2D eigenvalue weighted by molar-refractivity contribution is -0.153. The van der Waals surface area contributed by atoms with Crippen LogP contribution in [0.3, 0.4) is 0 Å². The molecular formula is C5H4BF3O3. The molecule has 0 aliphatic carbocycles. The zero-order valence-electron chi connectivity index (χ0n) is 5.67. The molecule has 0 unspecified atom stereocenters. The third-order valence-electron chi connectivity index (χ3n) is 1.20. The fraction of sp³-hybridized carbons (Fsp3) is 0.200. The summed E-state index contributed by atoms with van der Waals surface area (Å²) < 4.78 is 39.5. The van der Waals surface area contributed by atoms with Gasteiger partial charge in [-0.15, -0.1) is 0 Å². The van der Waals surface area contributed by atoms with Gasteiger partial charge in [-0.2, -0.15) is 13.2 Å². The quantitative estimate of drug-likeness (QED) is 0.597. The fourth-order valence-corrected chi connectivity index (χ4v) is 0.635. The average molecular weight is 180 g/mol. The summed E-state index contributed by atoms with van der Waals surface area (Å²) in [6, 6.07) is 0.532. The number of furan rings is 1. The number of alkyl halides is 3. The van der Waals surface area contributed by atoms with Gasteiger partial charge in [-0.1, -0.05) is 0 Å². The van der Waals surface area contributed by atoms with Gasteiger partial charge in [0.1, 0.15) is 0 Å². The van der Waals surface area contributed by atoms with Crippen molar-refractivity contribution in [2.45, 2.75) is 6.18 Å². The molecule has 0 atom stereocenters. The van der Waals surface area contributed by atoms with Gasteiger partial charge in [0.15, 0.2) is 0 Å². The maximum absolute atomic E-state index is 11.8. The third kappa shape index (κ3) is 1.80. The van der Waals surface area contributed by atoms with Crippen molar-refractivity contribution >= 4 is 12.6 Å². The van der Waals surface area contributed by atoms with Crippen molar-refractivity contribution in [2.75, 3.05) is 0 Å². The van der Waals surface area contributed by atoms with E-state index in [1.54, 1.807) is 0 Å². The van der Waals surface area contributed by atoms with E-state index in [1.807, 2.05) is 0 Å². The third-order valence-corrected chi connectivity index (χ3v) is 1.20. The van der Waals surface area contributed by atoms with Crippen molar-refractivity contribution in [3.05, 3.63) is 18.1 Å². The molecule has 1 aromatic heterocycles. The van der Waals surface area contributed by atoms with Gasteiger partial charge in [0, 0.05) is 5.46 Å². The smallest absolute Gasteiger partial charge is 0.460 e. The predicted molar refractivity (Wildman–Crippen MR) is 33.5 cm³/mol. The minimum Gasteiger partial charge on any atom is -0.460 e. The molecule has 0 saturated carbocycles. The standard InChI is InChI=1S/C5H4BF3O3/c7-5(8,9)4-1-3(2-12-4)6(10)11/h1-2,10-11H. The van der Waals surface area contributed by atoms with Crippen molar-refractivity contribution in [3.63, 3.8) is 0 Å². The van der Waals surface area contributed by atoms with Crippen molar-refractivity contribution in [1.29, 1.82) is 0 Å². The summed E-state index contributed by atoms with van der Waals surface area (Å²) in [6.07, 6.45) is -3.94. The molecular weight excluding hydrogens is 176 g/mol. The van der Waals surface area contributed by atoms with Crippen LogP contribution in [0.1, 0.15) is 5.76 Å². The normalized spacial score (nSPS) is 11.8. The van der Waals surface area contributed by atoms with E-state index in [9.17, 15) is 13.2 Å². The summed E-state index contributed by atoms with van der Waals surface area (Å²) in [7, 11) is -1.94. The highest BCUT2D eigenvalue weighted by Crippen LogP contribution is 2.28. The van der Waals surface area contributed by atoms with Gasteiger partial charge in [-0.25, -0.2) is 0 Å². The minimum atomic E-state index is -4.59. The highest BCUT2D eigenvalue weighted by atomic mass is 19.4. The lowest BCUT2D eigenvalue weighted by Gasteiger charge is -1.98. The Balaban J connectivity index is 2.92. The van der Waals surface area contributed by atoms with Crippen molar-refractivity contribution in [3.8, 4) is 0 Å². The first kappa shape index (κ1) is 9.15. The first-order valence-corrected chi connectivity index (χ1v) is 2.93. The Labute approximate surface area is 65.6 Å². The van der Waals surface area contributed by atoms with E-state index in [-0.39, 0.29) is 5.46 Å². The average Bonchev–Trinajstić information content (AvgIpc) is 2.30. The van der Waals surface area contributed by atoms with E-state index in [1.165, 1.54) is 0 Å². The summed E-state index contributed by atoms with van der Waals surface area (Å²) in [6.45, 7) is 0. The lowest BCUT2D eigenvalue weighted by atomic mass is 9.82. The molecule has 3 nitrogen and oxygen atoms in total. The SMILES string of the molecule is OB(O)c1coc(C(F)(F)F)c1. The van der Waals surface area contributed by atoms with Crippen LogP contribution in [-0.2, 0) is 6.18 Å². The van der Waals surface area contributed by atoms with Gasteiger partial charge in [-0.3, -0.25) is 0 Å². The molecule has 0 radical (unpaired) electrons. The van der Waals surface area contributed by atoms with E-state index < -0.39 is 19.1 Å². The fourth-order valence-electron chi connectivity index (χ4n) is 0.635. The monoisotopic (exact) mass is 180 g/mol. The highest BCUT2D eigenvalue weighted by Gasteiger charge is 2.35. The second kappa shape index (κ2) is 2.83. The van der Waals surface area contributed by atoms with Gasteiger partial charge in [0.05, 0.1) is 6.26 Å². The molecule has 0 aromatic carbocycles. The Morgan fingerprint density at radius 2 is 1.92 bits per heavy atom. The summed E-state index contributed by atoms with van der Waals surface area (Å²) in [5.41, 5.74) is -0.317. The van der Waals surface area contributed by atoms with Crippen LogP contribution in [0, 0.1) is 0 Å². The van der Waals surface area contributed by atoms with Crippen LogP contribution in [0.4, 0.5) is 13.2 Å². The molecule has 0 spiro atoms. The molecule has 1 aromatic rings. The molecule has 0 amide bonds. The largest absolute Gasteiger partial charge is 0.491 e. The summed E-state index contributed by atoms with van der Waals surface area (Å²) in [5, 5.41) is 16.9. The number of hydrogen-bond donors (Lipinski definition) is 2. The van der Waals surface area contributed by atoms with Crippen molar-refractivity contribution < 1.29 is 27.6 Å². The van der Waals surface area contributed by atoms with Gasteiger partial charge >= 0.3 is 13.3 Å². The Hall–Kier alpha value is -0.945. The van der Waals surface area contributed by atoms with Gasteiger partial charge < -0.3 is 14.5 Å². The van der Waals surface area contributed by atoms with Gasteiger partial charge in [0.25, 0.3) is 0 Å². The lowest BCUT2D eigenvalue weighted by Crippen LogP contribution is -2.28. The van der Waals surface area contributed by atoms with E-state index in [2.05, 4.69) is 4.42 Å². The van der Waals surface area contributed by atoms with Crippen LogP contribution in [0.25, 0.3) is 0 Å². The molecule has 12 heavy (non-hydrogen) atoms. The van der Waals surface area contributed by atoms with Crippen LogP contribution >= 0.6 is 0 Å². The van der Waals surface area contributed by atoms with Crippen molar-refractivity contribution in [2.24, 2.45) is 0 Å². The number of hydrogen-bond acceptors (Lipinski definition) is 3. The highest BCUT2D eigenvalue weighted by molar-refractivity contribution is 6.58. The van der Waals surface area contributed by atoms with E-state index >= 15 is 0 Å². The molecule has 7 heteroatoms. The maximum Gasteiger partial charge on any atom is 0.491 e. The topological polar surface area (TPSA) is 53.6 Å². The van der Waals surface area contributed by atoms with Crippen LogP contribution in [0.5, 0.6) is 0 Å². The van der Waals surface area contributed by atoms with Crippen molar-refractivity contribution in [1.82, 2.24) is 0 Å². The zero-order chi connectivity index (χ0) is 9.35. The molecule has 0 fully saturated rings. The summed E-state index contributed by atoms with van der Waals surface area (Å²) >= 11 is 0. The molecule has 2 N–H and O–H groups in total. The second-order valence-electron chi connectivity index (χ2n) is 2.12. The Morgan fingerprint density at radius 1 is 1.33 bits per heavy atom. The van der Waals surface area contributed by atoms with Gasteiger partial charge in [0.2, 0.25) is 5.76 Å². The Bertz CT molecular complexity index is 267. The minimum absolute atomic E-state index is 0.317. The number of rotatable bonds is 1. The van der Waals surface area contributed by atoms with E-state index in [0.29, 0.717) is 12.3 Å². The maximum atomic E-state index is 11.8. The van der Waals surface area contributed by atoms with E-state index in [0.717, 1.165) is 0 Å². The van der Waals surface area contributed by atoms with Crippen LogP contribution < -0.4 is 5.46 Å². The number of halogens is 3.